The van der Waals surface area contributed by atoms with Gasteiger partial charge in [0.1, 0.15) is 0 Å². The van der Waals surface area contributed by atoms with Gasteiger partial charge in [-0.3, -0.25) is 4.79 Å². The van der Waals surface area contributed by atoms with E-state index in [1.54, 1.807) is 23.1 Å². The molecule has 122 valence electrons. The van der Waals surface area contributed by atoms with Gasteiger partial charge in [-0.15, -0.1) is 11.3 Å². The van der Waals surface area contributed by atoms with Crippen molar-refractivity contribution in [3.8, 4) is 0 Å². The van der Waals surface area contributed by atoms with E-state index in [-0.39, 0.29) is 11.5 Å². The molecule has 0 atom stereocenters. The number of rotatable bonds is 2. The first kappa shape index (κ1) is 15.9. The lowest BCUT2D eigenvalue weighted by Gasteiger charge is -2.20. The zero-order valence-corrected chi connectivity index (χ0v) is 13.3. The number of fused-ring (bicyclic) bond motifs is 1. The lowest BCUT2D eigenvalue weighted by molar-refractivity contribution is 0.0629. The summed E-state index contributed by atoms with van der Waals surface area (Å²) >= 11 is 1.31. The molecule has 7 heteroatoms. The zero-order valence-electron chi connectivity index (χ0n) is 12.5. The minimum absolute atomic E-state index is 0.114. The van der Waals surface area contributed by atoms with Crippen molar-refractivity contribution in [2.45, 2.75) is 0 Å². The van der Waals surface area contributed by atoms with Gasteiger partial charge in [-0.05, 0) is 18.2 Å². The third-order valence-corrected chi connectivity index (χ3v) is 4.76. The number of ether oxygens (including phenoxy) is 2. The van der Waals surface area contributed by atoms with Crippen LogP contribution in [0.1, 0.15) is 20.0 Å². The minimum Gasteiger partial charge on any atom is -0.478 e. The second kappa shape index (κ2) is 7.08. The van der Waals surface area contributed by atoms with Crippen molar-refractivity contribution in [1.29, 1.82) is 0 Å². The SMILES string of the molecule is O=C(O)c1cccc2sc(C(=O)N3CCOCCOCC3)cc12. The van der Waals surface area contributed by atoms with Gasteiger partial charge in [0.25, 0.3) is 5.91 Å². The molecule has 1 fully saturated rings. The molecule has 1 N–H and O–H groups in total. The van der Waals surface area contributed by atoms with Gasteiger partial charge in [-0.2, -0.15) is 0 Å². The monoisotopic (exact) mass is 335 g/mol. The highest BCUT2D eigenvalue weighted by Gasteiger charge is 2.20. The van der Waals surface area contributed by atoms with Gasteiger partial charge in [-0.25, -0.2) is 4.79 Å². The first-order valence-electron chi connectivity index (χ1n) is 7.37. The molecule has 3 rings (SSSR count). The van der Waals surface area contributed by atoms with Gasteiger partial charge < -0.3 is 19.5 Å². The third kappa shape index (κ3) is 3.52. The highest BCUT2D eigenvalue weighted by Crippen LogP contribution is 2.29. The van der Waals surface area contributed by atoms with Crippen molar-refractivity contribution in [2.24, 2.45) is 0 Å². The van der Waals surface area contributed by atoms with Crippen LogP contribution >= 0.6 is 11.3 Å². The van der Waals surface area contributed by atoms with E-state index in [2.05, 4.69) is 0 Å². The first-order chi connectivity index (χ1) is 11.2. The smallest absolute Gasteiger partial charge is 0.336 e. The van der Waals surface area contributed by atoms with E-state index in [4.69, 9.17) is 9.47 Å². The summed E-state index contributed by atoms with van der Waals surface area (Å²) in [6.45, 7) is 3.02. The minimum atomic E-state index is -0.989. The number of nitrogens with zero attached hydrogens (tertiary/aromatic N) is 1. The molecule has 1 saturated heterocycles. The Morgan fingerprint density at radius 1 is 1.09 bits per heavy atom. The quantitative estimate of drug-likeness (QED) is 0.909. The molecule has 0 saturated carbocycles. The average molecular weight is 335 g/mol. The molecule has 0 radical (unpaired) electrons. The Kier molecular flexibility index (Phi) is 4.90. The predicted octanol–water partition coefficient (Wildman–Crippen LogP) is 2.09. The fourth-order valence-electron chi connectivity index (χ4n) is 2.49. The lowest BCUT2D eigenvalue weighted by Crippen LogP contribution is -2.35. The molecule has 1 aromatic heterocycles. The van der Waals surface area contributed by atoms with Gasteiger partial charge in [0.2, 0.25) is 0 Å². The maximum absolute atomic E-state index is 12.7. The number of carboxylic acids is 1. The number of carbonyl (C=O) groups is 2. The molecule has 1 aliphatic heterocycles. The summed E-state index contributed by atoms with van der Waals surface area (Å²) in [6.07, 6.45) is 0. The third-order valence-electron chi connectivity index (χ3n) is 3.67. The summed E-state index contributed by atoms with van der Waals surface area (Å²) in [5, 5.41) is 9.86. The highest BCUT2D eigenvalue weighted by molar-refractivity contribution is 7.20. The number of hydrogen-bond acceptors (Lipinski definition) is 5. The second-order valence-electron chi connectivity index (χ2n) is 5.15. The summed E-state index contributed by atoms with van der Waals surface area (Å²) in [7, 11) is 0. The van der Waals surface area contributed by atoms with Crippen LogP contribution in [0.2, 0.25) is 0 Å². The van der Waals surface area contributed by atoms with Gasteiger partial charge in [-0.1, -0.05) is 6.07 Å². The number of benzene rings is 1. The Balaban J connectivity index is 1.87. The van der Waals surface area contributed by atoms with E-state index >= 15 is 0 Å². The van der Waals surface area contributed by atoms with Crippen LogP contribution < -0.4 is 0 Å². The van der Waals surface area contributed by atoms with Gasteiger partial charge >= 0.3 is 5.97 Å². The van der Waals surface area contributed by atoms with Crippen LogP contribution in [-0.2, 0) is 9.47 Å². The summed E-state index contributed by atoms with van der Waals surface area (Å²) < 4.78 is 11.6. The Labute approximate surface area is 137 Å². The van der Waals surface area contributed by atoms with Crippen LogP contribution in [0.3, 0.4) is 0 Å². The molecule has 2 heterocycles. The van der Waals surface area contributed by atoms with Crippen molar-refractivity contribution in [3.63, 3.8) is 0 Å². The second-order valence-corrected chi connectivity index (χ2v) is 6.23. The fourth-order valence-corrected chi connectivity index (χ4v) is 3.55. The predicted molar refractivity (Wildman–Crippen MR) is 86.3 cm³/mol. The standard InChI is InChI=1S/C16H17NO5S/c18-15(17-4-6-21-8-9-22-7-5-17)14-10-12-11(16(19)20)2-1-3-13(12)23-14/h1-3,10H,4-9H2,(H,19,20). The van der Waals surface area contributed by atoms with Gasteiger partial charge in [0.15, 0.2) is 0 Å². The molecule has 1 aromatic carbocycles. The largest absolute Gasteiger partial charge is 0.478 e. The molecule has 23 heavy (non-hydrogen) atoms. The number of aromatic carboxylic acids is 1. The fraction of sp³-hybridized carbons (Fsp3) is 0.375. The van der Waals surface area contributed by atoms with E-state index in [1.165, 1.54) is 11.3 Å². The lowest BCUT2D eigenvalue weighted by atomic mass is 10.1. The normalized spacial score (nSPS) is 16.6. The number of carbonyl (C=O) groups excluding carboxylic acids is 1. The molecule has 0 bridgehead atoms. The molecule has 6 nitrogen and oxygen atoms in total. The van der Waals surface area contributed by atoms with Gasteiger partial charge in [0, 0.05) is 23.2 Å². The van der Waals surface area contributed by atoms with Crippen LogP contribution in [0.15, 0.2) is 24.3 Å². The van der Waals surface area contributed by atoms with E-state index in [1.807, 2.05) is 6.07 Å². The Morgan fingerprint density at radius 2 is 1.78 bits per heavy atom. The number of thiophene rings is 1. The molecule has 0 spiro atoms. The van der Waals surface area contributed by atoms with Crippen molar-refractivity contribution < 1.29 is 24.2 Å². The Bertz CT molecular complexity index is 716. The molecule has 1 aliphatic rings. The number of amides is 1. The van der Waals surface area contributed by atoms with E-state index in [0.29, 0.717) is 49.8 Å². The maximum atomic E-state index is 12.7. The van der Waals surface area contributed by atoms with E-state index in [0.717, 1.165) is 4.70 Å². The molecular formula is C16H17NO5S. The molecule has 0 unspecified atom stereocenters. The van der Waals surface area contributed by atoms with Crippen LogP contribution in [0.25, 0.3) is 10.1 Å². The maximum Gasteiger partial charge on any atom is 0.336 e. The molecule has 1 amide bonds. The van der Waals surface area contributed by atoms with Crippen LogP contribution in [0.5, 0.6) is 0 Å². The first-order valence-corrected chi connectivity index (χ1v) is 8.19. The van der Waals surface area contributed by atoms with Crippen molar-refractivity contribution in [3.05, 3.63) is 34.7 Å². The van der Waals surface area contributed by atoms with E-state index < -0.39 is 5.97 Å². The highest BCUT2D eigenvalue weighted by atomic mass is 32.1. The molecular weight excluding hydrogens is 318 g/mol. The molecule has 2 aromatic rings. The van der Waals surface area contributed by atoms with Crippen molar-refractivity contribution in [2.75, 3.05) is 39.5 Å². The average Bonchev–Trinajstić information content (AvgIpc) is 3.02. The summed E-state index contributed by atoms with van der Waals surface area (Å²) in [4.78, 5) is 26.2. The van der Waals surface area contributed by atoms with Crippen molar-refractivity contribution in [1.82, 2.24) is 4.90 Å². The molecule has 0 aliphatic carbocycles. The van der Waals surface area contributed by atoms with Crippen LogP contribution in [0, 0.1) is 0 Å². The van der Waals surface area contributed by atoms with Crippen LogP contribution in [-0.4, -0.2) is 61.4 Å². The Morgan fingerprint density at radius 3 is 2.43 bits per heavy atom. The van der Waals surface area contributed by atoms with Gasteiger partial charge in [0.05, 0.1) is 36.9 Å². The summed E-state index contributed by atoms with van der Waals surface area (Å²) in [5.74, 6) is -1.10. The summed E-state index contributed by atoms with van der Waals surface area (Å²) in [6, 6.07) is 6.74. The Hall–Kier alpha value is -1.96. The number of hydrogen-bond donors (Lipinski definition) is 1. The zero-order chi connectivity index (χ0) is 16.2. The van der Waals surface area contributed by atoms with Crippen molar-refractivity contribution >= 4 is 33.3 Å². The van der Waals surface area contributed by atoms with E-state index in [9.17, 15) is 14.7 Å². The number of carboxylic acid groups (broad SMARTS) is 1. The van der Waals surface area contributed by atoms with Crippen LogP contribution in [0.4, 0.5) is 0 Å². The summed E-state index contributed by atoms with van der Waals surface area (Å²) in [5.41, 5.74) is 0.217. The topological polar surface area (TPSA) is 76.1 Å².